The minimum Gasteiger partial charge on any atom is -0.325 e. The number of thiophene rings is 1. The van der Waals surface area contributed by atoms with Crippen molar-refractivity contribution in [2.24, 2.45) is 10.8 Å². The lowest BCUT2D eigenvalue weighted by molar-refractivity contribution is 1.02. The number of hydrogen-bond donors (Lipinski definition) is 3. The van der Waals surface area contributed by atoms with Crippen LogP contribution in [0.5, 0.6) is 0 Å². The number of para-hydroxylation sites is 1. The molecule has 0 aliphatic carbocycles. The molecule has 0 amide bonds. The van der Waals surface area contributed by atoms with Gasteiger partial charge in [-0.15, -0.1) is 11.3 Å². The van der Waals surface area contributed by atoms with E-state index in [4.69, 9.17) is 5.84 Å². The maximum absolute atomic E-state index is 5.52. The Morgan fingerprint density at radius 1 is 1.05 bits per heavy atom. The molecule has 5 heteroatoms. The molecule has 20 heavy (non-hydrogen) atoms. The first-order valence-corrected chi connectivity index (χ1v) is 7.08. The van der Waals surface area contributed by atoms with Crippen molar-refractivity contribution < 1.29 is 0 Å². The SMILES string of the molecule is NNC(=Nc1ccccc1)Nc1ccc2sccc2c1. The summed E-state index contributed by atoms with van der Waals surface area (Å²) in [6.07, 6.45) is 0. The van der Waals surface area contributed by atoms with Gasteiger partial charge in [-0.2, -0.15) is 0 Å². The minimum atomic E-state index is 0.505. The maximum Gasteiger partial charge on any atom is 0.215 e. The first-order valence-electron chi connectivity index (χ1n) is 6.20. The molecule has 0 bridgehead atoms. The average Bonchev–Trinajstić information content (AvgIpc) is 2.95. The van der Waals surface area contributed by atoms with Gasteiger partial charge in [0.1, 0.15) is 0 Å². The number of nitrogens with zero attached hydrogens (tertiary/aromatic N) is 1. The van der Waals surface area contributed by atoms with E-state index in [0.29, 0.717) is 5.96 Å². The quantitative estimate of drug-likeness (QED) is 0.292. The lowest BCUT2D eigenvalue weighted by atomic mass is 10.2. The number of aliphatic imine (C=N–C) groups is 1. The fourth-order valence-electron chi connectivity index (χ4n) is 1.91. The summed E-state index contributed by atoms with van der Waals surface area (Å²) in [6.45, 7) is 0. The second-order valence-corrected chi connectivity index (χ2v) is 5.19. The van der Waals surface area contributed by atoms with E-state index in [1.54, 1.807) is 11.3 Å². The largest absolute Gasteiger partial charge is 0.325 e. The highest BCUT2D eigenvalue weighted by Gasteiger charge is 2.01. The molecule has 4 nitrogen and oxygen atoms in total. The van der Waals surface area contributed by atoms with Crippen molar-refractivity contribution in [2.45, 2.75) is 0 Å². The summed E-state index contributed by atoms with van der Waals surface area (Å²) >= 11 is 1.72. The Bertz CT molecular complexity index is 734. The monoisotopic (exact) mass is 282 g/mol. The molecular formula is C15H14N4S. The van der Waals surface area contributed by atoms with Crippen molar-refractivity contribution in [1.82, 2.24) is 5.43 Å². The van der Waals surface area contributed by atoms with Crippen molar-refractivity contribution in [3.05, 3.63) is 60.0 Å². The first kappa shape index (κ1) is 12.7. The molecule has 0 aliphatic heterocycles. The van der Waals surface area contributed by atoms with Crippen molar-refractivity contribution in [2.75, 3.05) is 5.32 Å². The Hall–Kier alpha value is -2.37. The standard InChI is InChI=1S/C15H14N4S/c16-19-15(17-12-4-2-1-3-5-12)18-13-6-7-14-11(10-13)8-9-20-14/h1-10H,16H2,(H2,17,18,19). The Morgan fingerprint density at radius 3 is 2.70 bits per heavy atom. The highest BCUT2D eigenvalue weighted by atomic mass is 32.1. The third kappa shape index (κ3) is 2.79. The van der Waals surface area contributed by atoms with Crippen molar-refractivity contribution in [1.29, 1.82) is 0 Å². The van der Waals surface area contributed by atoms with Crippen LogP contribution in [0, 0.1) is 0 Å². The normalized spacial score (nSPS) is 11.6. The van der Waals surface area contributed by atoms with Gasteiger partial charge in [0.2, 0.25) is 5.96 Å². The van der Waals surface area contributed by atoms with Gasteiger partial charge in [0.05, 0.1) is 5.69 Å². The lowest BCUT2D eigenvalue weighted by Crippen LogP contribution is -2.35. The second-order valence-electron chi connectivity index (χ2n) is 4.24. The highest BCUT2D eigenvalue weighted by Crippen LogP contribution is 2.24. The van der Waals surface area contributed by atoms with E-state index >= 15 is 0 Å². The third-order valence-electron chi connectivity index (χ3n) is 2.85. The van der Waals surface area contributed by atoms with Gasteiger partial charge in [-0.1, -0.05) is 18.2 Å². The van der Waals surface area contributed by atoms with E-state index in [0.717, 1.165) is 11.4 Å². The second kappa shape index (κ2) is 5.73. The molecule has 3 rings (SSSR count). The summed E-state index contributed by atoms with van der Waals surface area (Å²) in [4.78, 5) is 4.41. The Morgan fingerprint density at radius 2 is 1.90 bits per heavy atom. The van der Waals surface area contributed by atoms with Crippen molar-refractivity contribution in [3.8, 4) is 0 Å². The van der Waals surface area contributed by atoms with E-state index < -0.39 is 0 Å². The van der Waals surface area contributed by atoms with Crippen LogP contribution in [0.4, 0.5) is 11.4 Å². The average molecular weight is 282 g/mol. The summed E-state index contributed by atoms with van der Waals surface area (Å²) in [5.74, 6) is 6.03. The summed E-state index contributed by atoms with van der Waals surface area (Å²) in [6, 6.07) is 17.9. The smallest absolute Gasteiger partial charge is 0.215 e. The molecule has 0 aliphatic rings. The number of anilines is 1. The van der Waals surface area contributed by atoms with Gasteiger partial charge in [-0.05, 0) is 47.2 Å². The predicted octanol–water partition coefficient (Wildman–Crippen LogP) is 3.46. The zero-order valence-corrected chi connectivity index (χ0v) is 11.5. The number of fused-ring (bicyclic) bond motifs is 1. The fraction of sp³-hybridized carbons (Fsp3) is 0. The Labute approximate surface area is 120 Å². The number of hydrazine groups is 1. The molecule has 2 aromatic carbocycles. The molecule has 0 saturated carbocycles. The van der Waals surface area contributed by atoms with Crippen LogP contribution in [-0.4, -0.2) is 5.96 Å². The van der Waals surface area contributed by atoms with Crippen molar-refractivity contribution >= 4 is 38.8 Å². The van der Waals surface area contributed by atoms with Crippen LogP contribution in [0.15, 0.2) is 65.0 Å². The number of rotatable bonds is 2. The Kier molecular flexibility index (Phi) is 3.62. The van der Waals surface area contributed by atoms with E-state index in [9.17, 15) is 0 Å². The molecule has 0 atom stereocenters. The molecule has 0 radical (unpaired) electrons. The van der Waals surface area contributed by atoms with Crippen molar-refractivity contribution in [3.63, 3.8) is 0 Å². The predicted molar refractivity (Wildman–Crippen MR) is 86.3 cm³/mol. The number of hydrogen-bond acceptors (Lipinski definition) is 3. The number of nitrogens with two attached hydrogens (primary N) is 1. The first-order chi connectivity index (χ1) is 9.85. The maximum atomic E-state index is 5.52. The number of nitrogens with one attached hydrogen (secondary N) is 2. The lowest BCUT2D eigenvalue weighted by Gasteiger charge is -2.09. The van der Waals surface area contributed by atoms with Crippen LogP contribution in [0.1, 0.15) is 0 Å². The molecule has 0 unspecified atom stereocenters. The van der Waals surface area contributed by atoms with Gasteiger partial charge in [0.15, 0.2) is 0 Å². The van der Waals surface area contributed by atoms with Crippen LogP contribution < -0.4 is 16.6 Å². The minimum absolute atomic E-state index is 0.505. The summed E-state index contributed by atoms with van der Waals surface area (Å²) in [5, 5.41) is 6.46. The fourth-order valence-corrected chi connectivity index (χ4v) is 2.68. The van der Waals surface area contributed by atoms with E-state index in [1.807, 2.05) is 36.4 Å². The summed E-state index contributed by atoms with van der Waals surface area (Å²) < 4.78 is 1.26. The van der Waals surface area contributed by atoms with Gasteiger partial charge >= 0.3 is 0 Å². The van der Waals surface area contributed by atoms with Crippen LogP contribution in [0.2, 0.25) is 0 Å². The van der Waals surface area contributed by atoms with Crippen LogP contribution in [0.3, 0.4) is 0 Å². The molecule has 0 spiro atoms. The highest BCUT2D eigenvalue weighted by molar-refractivity contribution is 7.17. The summed E-state index contributed by atoms with van der Waals surface area (Å²) in [5.41, 5.74) is 4.37. The molecule has 4 N–H and O–H groups in total. The number of benzene rings is 2. The van der Waals surface area contributed by atoms with E-state index in [1.165, 1.54) is 10.1 Å². The molecule has 0 fully saturated rings. The molecule has 1 aromatic heterocycles. The number of guanidine groups is 1. The molecular weight excluding hydrogens is 268 g/mol. The Balaban J connectivity index is 1.85. The molecule has 0 saturated heterocycles. The van der Waals surface area contributed by atoms with Crippen LogP contribution >= 0.6 is 11.3 Å². The summed E-state index contributed by atoms with van der Waals surface area (Å²) in [7, 11) is 0. The van der Waals surface area contributed by atoms with Gasteiger partial charge in [0.25, 0.3) is 0 Å². The van der Waals surface area contributed by atoms with Gasteiger partial charge in [-0.3, -0.25) is 5.43 Å². The topological polar surface area (TPSA) is 62.4 Å². The van der Waals surface area contributed by atoms with Crippen LogP contribution in [0.25, 0.3) is 10.1 Å². The van der Waals surface area contributed by atoms with Gasteiger partial charge in [0, 0.05) is 10.4 Å². The zero-order chi connectivity index (χ0) is 13.8. The molecule has 3 aromatic rings. The third-order valence-corrected chi connectivity index (χ3v) is 3.75. The van der Waals surface area contributed by atoms with Gasteiger partial charge < -0.3 is 5.32 Å². The van der Waals surface area contributed by atoms with E-state index in [-0.39, 0.29) is 0 Å². The van der Waals surface area contributed by atoms with Gasteiger partial charge in [-0.25, -0.2) is 10.8 Å². The zero-order valence-electron chi connectivity index (χ0n) is 10.7. The molecule has 1 heterocycles. The molecule has 100 valence electrons. The van der Waals surface area contributed by atoms with E-state index in [2.05, 4.69) is 39.3 Å². The van der Waals surface area contributed by atoms with Crippen LogP contribution in [-0.2, 0) is 0 Å².